The zero-order valence-electron chi connectivity index (χ0n) is 10.4. The Labute approximate surface area is 97.8 Å². The average molecular weight is 220 g/mol. The molecule has 0 amide bonds. The summed E-state index contributed by atoms with van der Waals surface area (Å²) < 4.78 is 8.50. The molecular formula is C14H20O2. The molecule has 2 nitrogen and oxygen atoms in total. The van der Waals surface area contributed by atoms with E-state index in [4.69, 9.17) is 0 Å². The molecule has 2 aromatic rings. The van der Waals surface area contributed by atoms with Gasteiger partial charge in [0.2, 0.25) is 0 Å². The minimum Gasteiger partial charge on any atom is -0.388 e. The van der Waals surface area contributed by atoms with Gasteiger partial charge in [0.25, 0.3) is 0 Å². The summed E-state index contributed by atoms with van der Waals surface area (Å²) >= 11 is 0. The largest absolute Gasteiger partial charge is 0.388 e. The van der Waals surface area contributed by atoms with Crippen molar-refractivity contribution in [1.82, 2.24) is 0 Å². The van der Waals surface area contributed by atoms with E-state index in [0.29, 0.717) is 0 Å². The van der Waals surface area contributed by atoms with Crippen molar-refractivity contribution in [1.29, 1.82) is 0 Å². The topological polar surface area (TPSA) is 18.5 Å². The first-order valence-electron chi connectivity index (χ1n) is 5.04. The fourth-order valence-corrected chi connectivity index (χ4v) is 1.13. The van der Waals surface area contributed by atoms with E-state index in [1.807, 2.05) is 0 Å². The number of hydrogen-bond acceptors (Lipinski definition) is 2. The first-order valence-corrected chi connectivity index (χ1v) is 5.04. The average Bonchev–Trinajstić information content (AvgIpc) is 2.31. The second-order valence-corrected chi connectivity index (χ2v) is 3.16. The van der Waals surface area contributed by atoms with Crippen LogP contribution in [0.5, 0.6) is 0 Å². The normalized spacial score (nSPS) is 8.50. The van der Waals surface area contributed by atoms with E-state index in [2.05, 4.69) is 58.0 Å². The summed E-state index contributed by atoms with van der Waals surface area (Å²) in [6.45, 7) is 0. The Morgan fingerprint density at radius 3 is 0.938 bits per heavy atom. The predicted molar refractivity (Wildman–Crippen MR) is 69.8 cm³/mol. The standard InChI is InChI=1S/C10H8.2C2H6O/c1-2-6-10-8-4-3-7-9(10)5-1;2*1-3-2/h1-8H;2*1-2H3. The number of rotatable bonds is 0. The van der Waals surface area contributed by atoms with E-state index in [-0.39, 0.29) is 0 Å². The van der Waals surface area contributed by atoms with Crippen LogP contribution in [0.2, 0.25) is 0 Å². The van der Waals surface area contributed by atoms with Gasteiger partial charge in [-0.15, -0.1) is 0 Å². The molecule has 16 heavy (non-hydrogen) atoms. The SMILES string of the molecule is COC.COC.c1ccc2ccccc2c1. The maximum atomic E-state index is 4.25. The zero-order chi connectivity index (χ0) is 12.2. The van der Waals surface area contributed by atoms with Gasteiger partial charge in [-0.1, -0.05) is 48.5 Å². The number of hydrogen-bond donors (Lipinski definition) is 0. The van der Waals surface area contributed by atoms with Crippen molar-refractivity contribution in [2.24, 2.45) is 0 Å². The molecule has 2 heteroatoms. The Kier molecular flexibility index (Phi) is 9.27. The lowest BCUT2D eigenvalue weighted by Gasteiger charge is -1.92. The maximum absolute atomic E-state index is 4.25. The highest BCUT2D eigenvalue weighted by Crippen LogP contribution is 2.11. The summed E-state index contributed by atoms with van der Waals surface area (Å²) in [6, 6.07) is 16.7. The molecule has 0 aliphatic carbocycles. The maximum Gasteiger partial charge on any atom is 0.0351 e. The van der Waals surface area contributed by atoms with Crippen LogP contribution in [0.15, 0.2) is 48.5 Å². The summed E-state index contributed by atoms with van der Waals surface area (Å²) in [5.74, 6) is 0. The van der Waals surface area contributed by atoms with Gasteiger partial charge in [-0.2, -0.15) is 0 Å². The van der Waals surface area contributed by atoms with E-state index in [1.54, 1.807) is 28.4 Å². The highest BCUT2D eigenvalue weighted by atomic mass is 16.5. The summed E-state index contributed by atoms with van der Waals surface area (Å²) in [5, 5.41) is 2.62. The molecular weight excluding hydrogens is 200 g/mol. The van der Waals surface area contributed by atoms with Crippen molar-refractivity contribution in [3.8, 4) is 0 Å². The van der Waals surface area contributed by atoms with E-state index in [1.165, 1.54) is 10.8 Å². The summed E-state index contributed by atoms with van der Waals surface area (Å²) in [4.78, 5) is 0. The Morgan fingerprint density at radius 1 is 0.562 bits per heavy atom. The molecule has 0 unspecified atom stereocenters. The van der Waals surface area contributed by atoms with Gasteiger partial charge in [-0.3, -0.25) is 0 Å². The van der Waals surface area contributed by atoms with Gasteiger partial charge in [0.1, 0.15) is 0 Å². The van der Waals surface area contributed by atoms with E-state index >= 15 is 0 Å². The minimum atomic E-state index is 1.31. The lowest BCUT2D eigenvalue weighted by atomic mass is 10.1. The van der Waals surface area contributed by atoms with Crippen molar-refractivity contribution in [3.63, 3.8) is 0 Å². The lowest BCUT2D eigenvalue weighted by Crippen LogP contribution is -1.67. The molecule has 0 saturated heterocycles. The lowest BCUT2D eigenvalue weighted by molar-refractivity contribution is 0.277. The van der Waals surface area contributed by atoms with Gasteiger partial charge in [0.15, 0.2) is 0 Å². The van der Waals surface area contributed by atoms with Gasteiger partial charge < -0.3 is 9.47 Å². The zero-order valence-corrected chi connectivity index (χ0v) is 10.4. The number of fused-ring (bicyclic) bond motifs is 1. The highest BCUT2D eigenvalue weighted by molar-refractivity contribution is 5.81. The molecule has 0 radical (unpaired) electrons. The smallest absolute Gasteiger partial charge is 0.0351 e. The van der Waals surface area contributed by atoms with Crippen molar-refractivity contribution < 1.29 is 9.47 Å². The molecule has 0 heterocycles. The van der Waals surface area contributed by atoms with Crippen LogP contribution in [0.4, 0.5) is 0 Å². The van der Waals surface area contributed by atoms with Gasteiger partial charge in [-0.25, -0.2) is 0 Å². The molecule has 0 fully saturated rings. The van der Waals surface area contributed by atoms with E-state index in [0.717, 1.165) is 0 Å². The third-order valence-corrected chi connectivity index (χ3v) is 1.66. The summed E-state index contributed by atoms with van der Waals surface area (Å²) in [6.07, 6.45) is 0. The molecule has 0 aliphatic rings. The predicted octanol–water partition coefficient (Wildman–Crippen LogP) is 3.37. The molecule has 2 rings (SSSR count). The summed E-state index contributed by atoms with van der Waals surface area (Å²) in [5.41, 5.74) is 0. The van der Waals surface area contributed by atoms with Crippen LogP contribution < -0.4 is 0 Å². The van der Waals surface area contributed by atoms with Crippen molar-refractivity contribution in [2.45, 2.75) is 0 Å². The first-order chi connectivity index (χ1) is 7.79. The van der Waals surface area contributed by atoms with Crippen LogP contribution in [-0.2, 0) is 9.47 Å². The van der Waals surface area contributed by atoms with Crippen LogP contribution >= 0.6 is 0 Å². The van der Waals surface area contributed by atoms with Gasteiger partial charge in [0, 0.05) is 28.4 Å². The summed E-state index contributed by atoms with van der Waals surface area (Å²) in [7, 11) is 6.50. The number of ether oxygens (including phenoxy) is 2. The van der Waals surface area contributed by atoms with Crippen molar-refractivity contribution >= 4 is 10.8 Å². The second kappa shape index (κ2) is 10.1. The van der Waals surface area contributed by atoms with E-state index < -0.39 is 0 Å². The Balaban J connectivity index is 0.000000321. The number of benzene rings is 2. The highest BCUT2D eigenvalue weighted by Gasteiger charge is 1.85. The minimum absolute atomic E-state index is 1.31. The molecule has 0 aliphatic heterocycles. The molecule has 0 spiro atoms. The van der Waals surface area contributed by atoms with E-state index in [9.17, 15) is 0 Å². The van der Waals surface area contributed by atoms with Crippen molar-refractivity contribution in [2.75, 3.05) is 28.4 Å². The number of methoxy groups -OCH3 is 2. The van der Waals surface area contributed by atoms with Gasteiger partial charge in [-0.05, 0) is 10.8 Å². The van der Waals surface area contributed by atoms with Crippen LogP contribution in [0.3, 0.4) is 0 Å². The van der Waals surface area contributed by atoms with Crippen LogP contribution in [0.25, 0.3) is 10.8 Å². The first kappa shape index (κ1) is 14.6. The van der Waals surface area contributed by atoms with Gasteiger partial charge >= 0.3 is 0 Å². The third-order valence-electron chi connectivity index (χ3n) is 1.66. The third kappa shape index (κ3) is 6.17. The molecule has 0 aromatic heterocycles. The van der Waals surface area contributed by atoms with Crippen molar-refractivity contribution in [3.05, 3.63) is 48.5 Å². The Hall–Kier alpha value is -1.38. The quantitative estimate of drug-likeness (QED) is 0.677. The van der Waals surface area contributed by atoms with Crippen LogP contribution in [0.1, 0.15) is 0 Å². The van der Waals surface area contributed by atoms with Crippen LogP contribution in [0, 0.1) is 0 Å². The molecule has 0 bridgehead atoms. The molecule has 88 valence electrons. The van der Waals surface area contributed by atoms with Crippen LogP contribution in [-0.4, -0.2) is 28.4 Å². The fourth-order valence-electron chi connectivity index (χ4n) is 1.13. The second-order valence-electron chi connectivity index (χ2n) is 3.16. The van der Waals surface area contributed by atoms with Gasteiger partial charge in [0.05, 0.1) is 0 Å². The Bertz CT molecular complexity index is 304. The Morgan fingerprint density at radius 2 is 0.750 bits per heavy atom. The molecule has 0 atom stereocenters. The monoisotopic (exact) mass is 220 g/mol. The molecule has 0 saturated carbocycles. The fraction of sp³-hybridized carbons (Fsp3) is 0.286. The molecule has 2 aromatic carbocycles. The molecule has 0 N–H and O–H groups in total.